The Labute approximate surface area is 155 Å². The predicted octanol–water partition coefficient (Wildman–Crippen LogP) is 3.06. The van der Waals surface area contributed by atoms with Crippen LogP contribution in [0.3, 0.4) is 0 Å². The minimum Gasteiger partial charge on any atom is -0.494 e. The number of methoxy groups -OCH3 is 1. The van der Waals surface area contributed by atoms with Crippen molar-refractivity contribution >= 4 is 11.7 Å². The predicted molar refractivity (Wildman–Crippen MR) is 97.9 cm³/mol. The number of anilines is 1. The molecule has 2 amide bonds. The molecule has 3 heterocycles. The SMILES string of the molecule is COc1cc(CN2CCN(c3ccc(-c4cn[nH]c4)nc3)C2=O)ccc1F. The molecule has 1 aromatic carbocycles. The second-order valence-corrected chi connectivity index (χ2v) is 6.21. The van der Waals surface area contributed by atoms with Crippen molar-refractivity contribution in [3.05, 3.63) is 60.3 Å². The van der Waals surface area contributed by atoms with Crippen LogP contribution in [0.1, 0.15) is 5.56 Å². The fourth-order valence-electron chi connectivity index (χ4n) is 3.10. The van der Waals surface area contributed by atoms with Gasteiger partial charge in [0.05, 0.1) is 30.9 Å². The molecule has 27 heavy (non-hydrogen) atoms. The first-order chi connectivity index (χ1) is 13.2. The molecule has 0 spiro atoms. The van der Waals surface area contributed by atoms with Gasteiger partial charge >= 0.3 is 6.03 Å². The molecule has 0 unspecified atom stereocenters. The third-order valence-electron chi connectivity index (χ3n) is 4.54. The van der Waals surface area contributed by atoms with Crippen LogP contribution < -0.4 is 9.64 Å². The lowest BCUT2D eigenvalue weighted by Gasteiger charge is -2.19. The number of carbonyl (C=O) groups is 1. The lowest BCUT2D eigenvalue weighted by Crippen LogP contribution is -2.31. The molecule has 1 aliphatic heterocycles. The smallest absolute Gasteiger partial charge is 0.324 e. The number of nitrogens with one attached hydrogen (secondary N) is 1. The van der Waals surface area contributed by atoms with Crippen molar-refractivity contribution in [1.29, 1.82) is 0 Å². The number of amides is 2. The molecule has 0 saturated carbocycles. The van der Waals surface area contributed by atoms with Gasteiger partial charge in [0.25, 0.3) is 0 Å². The minimum absolute atomic E-state index is 0.101. The molecule has 138 valence electrons. The van der Waals surface area contributed by atoms with Crippen LogP contribution in [0.5, 0.6) is 5.75 Å². The van der Waals surface area contributed by atoms with Gasteiger partial charge in [0, 0.05) is 31.4 Å². The van der Waals surface area contributed by atoms with E-state index in [0.29, 0.717) is 19.6 Å². The molecule has 1 N–H and O–H groups in total. The second-order valence-electron chi connectivity index (χ2n) is 6.21. The Kier molecular flexibility index (Phi) is 4.45. The molecule has 1 aliphatic rings. The fraction of sp³-hybridized carbons (Fsp3) is 0.211. The van der Waals surface area contributed by atoms with E-state index in [-0.39, 0.29) is 11.8 Å². The van der Waals surface area contributed by atoms with Crippen LogP contribution in [0.25, 0.3) is 11.3 Å². The number of urea groups is 1. The molecule has 0 aliphatic carbocycles. The molecular formula is C19H18FN5O2. The number of hydrogen-bond acceptors (Lipinski definition) is 4. The number of nitrogens with zero attached hydrogens (tertiary/aromatic N) is 4. The van der Waals surface area contributed by atoms with Crippen molar-refractivity contribution in [2.75, 3.05) is 25.1 Å². The Bertz CT molecular complexity index is 943. The number of H-pyrrole nitrogens is 1. The Hall–Kier alpha value is -3.42. The van der Waals surface area contributed by atoms with Gasteiger partial charge in [0.2, 0.25) is 0 Å². The van der Waals surface area contributed by atoms with Crippen LogP contribution in [-0.2, 0) is 6.54 Å². The number of hydrogen-bond donors (Lipinski definition) is 1. The molecule has 3 aromatic rings. The highest BCUT2D eigenvalue weighted by Crippen LogP contribution is 2.25. The van der Waals surface area contributed by atoms with Crippen molar-refractivity contribution in [1.82, 2.24) is 20.1 Å². The maximum Gasteiger partial charge on any atom is 0.324 e. The van der Waals surface area contributed by atoms with Crippen molar-refractivity contribution in [3.63, 3.8) is 0 Å². The summed E-state index contributed by atoms with van der Waals surface area (Å²) in [6, 6.07) is 8.27. The highest BCUT2D eigenvalue weighted by atomic mass is 19.1. The van der Waals surface area contributed by atoms with E-state index in [0.717, 1.165) is 22.5 Å². The summed E-state index contributed by atoms with van der Waals surface area (Å²) in [6.45, 7) is 1.55. The summed E-state index contributed by atoms with van der Waals surface area (Å²) in [6.07, 6.45) is 5.15. The van der Waals surface area contributed by atoms with E-state index in [2.05, 4.69) is 15.2 Å². The molecule has 7 nitrogen and oxygen atoms in total. The molecular weight excluding hydrogens is 349 g/mol. The van der Waals surface area contributed by atoms with Crippen LogP contribution in [0.15, 0.2) is 48.9 Å². The summed E-state index contributed by atoms with van der Waals surface area (Å²) in [5.41, 5.74) is 3.24. The Morgan fingerprint density at radius 2 is 2.11 bits per heavy atom. The van der Waals surface area contributed by atoms with E-state index >= 15 is 0 Å². The lowest BCUT2D eigenvalue weighted by molar-refractivity contribution is 0.218. The molecule has 1 fully saturated rings. The van der Waals surface area contributed by atoms with Crippen LogP contribution >= 0.6 is 0 Å². The highest BCUT2D eigenvalue weighted by Gasteiger charge is 2.29. The van der Waals surface area contributed by atoms with E-state index in [1.165, 1.54) is 13.2 Å². The Balaban J connectivity index is 1.47. The number of benzene rings is 1. The van der Waals surface area contributed by atoms with Gasteiger partial charge in [-0.2, -0.15) is 5.10 Å². The lowest BCUT2D eigenvalue weighted by atomic mass is 10.2. The number of pyridine rings is 1. The molecule has 4 rings (SSSR count). The topological polar surface area (TPSA) is 74.3 Å². The Morgan fingerprint density at radius 1 is 1.22 bits per heavy atom. The van der Waals surface area contributed by atoms with Gasteiger partial charge in [0.1, 0.15) is 0 Å². The zero-order valence-electron chi connectivity index (χ0n) is 14.7. The zero-order chi connectivity index (χ0) is 18.8. The minimum atomic E-state index is -0.417. The highest BCUT2D eigenvalue weighted by molar-refractivity contribution is 5.94. The number of aromatic nitrogens is 3. The van der Waals surface area contributed by atoms with Crippen molar-refractivity contribution in [2.45, 2.75) is 6.54 Å². The molecule has 8 heteroatoms. The molecule has 0 radical (unpaired) electrons. The van der Waals surface area contributed by atoms with Gasteiger partial charge in [-0.1, -0.05) is 6.07 Å². The normalized spacial score (nSPS) is 14.1. The first-order valence-corrected chi connectivity index (χ1v) is 8.50. The van der Waals surface area contributed by atoms with E-state index in [9.17, 15) is 9.18 Å². The largest absolute Gasteiger partial charge is 0.494 e. The standard InChI is InChI=1S/C19H18FN5O2/c1-27-18-8-13(2-4-16(18)20)12-24-6-7-25(19(24)26)15-3-5-17(21-11-15)14-9-22-23-10-14/h2-5,8-11H,6-7,12H2,1H3,(H,22,23). The number of ether oxygens (including phenoxy) is 1. The molecule has 0 atom stereocenters. The summed E-state index contributed by atoms with van der Waals surface area (Å²) in [5.74, 6) is -0.241. The molecule has 0 bridgehead atoms. The van der Waals surface area contributed by atoms with Gasteiger partial charge in [-0.3, -0.25) is 15.0 Å². The van der Waals surface area contributed by atoms with Gasteiger partial charge in [0.15, 0.2) is 11.6 Å². The van der Waals surface area contributed by atoms with E-state index in [1.807, 2.05) is 12.1 Å². The number of carbonyl (C=O) groups excluding carboxylic acids is 1. The summed E-state index contributed by atoms with van der Waals surface area (Å²) in [7, 11) is 1.42. The summed E-state index contributed by atoms with van der Waals surface area (Å²) >= 11 is 0. The Morgan fingerprint density at radius 3 is 2.81 bits per heavy atom. The third kappa shape index (κ3) is 3.33. The number of rotatable bonds is 5. The van der Waals surface area contributed by atoms with Crippen LogP contribution in [-0.4, -0.2) is 46.3 Å². The van der Waals surface area contributed by atoms with Gasteiger partial charge < -0.3 is 9.64 Å². The van der Waals surface area contributed by atoms with Crippen molar-refractivity contribution in [2.24, 2.45) is 0 Å². The summed E-state index contributed by atoms with van der Waals surface area (Å²) in [5, 5.41) is 6.66. The maximum absolute atomic E-state index is 13.6. The van der Waals surface area contributed by atoms with Crippen LogP contribution in [0.2, 0.25) is 0 Å². The third-order valence-corrected chi connectivity index (χ3v) is 4.54. The average molecular weight is 367 g/mol. The van der Waals surface area contributed by atoms with Crippen molar-refractivity contribution in [3.8, 4) is 17.0 Å². The maximum atomic E-state index is 13.6. The van der Waals surface area contributed by atoms with Crippen LogP contribution in [0.4, 0.5) is 14.9 Å². The summed E-state index contributed by atoms with van der Waals surface area (Å²) in [4.78, 5) is 20.6. The van der Waals surface area contributed by atoms with E-state index < -0.39 is 5.82 Å². The number of aromatic amines is 1. The second kappa shape index (κ2) is 7.06. The summed E-state index contributed by atoms with van der Waals surface area (Å²) < 4.78 is 18.6. The van der Waals surface area contributed by atoms with Gasteiger partial charge in [-0.15, -0.1) is 0 Å². The number of halogens is 1. The molecule has 1 saturated heterocycles. The van der Waals surface area contributed by atoms with Crippen LogP contribution in [0, 0.1) is 5.82 Å². The van der Waals surface area contributed by atoms with Crippen molar-refractivity contribution < 1.29 is 13.9 Å². The van der Waals surface area contributed by atoms with E-state index in [1.54, 1.807) is 40.5 Å². The van der Waals surface area contributed by atoms with E-state index in [4.69, 9.17) is 4.74 Å². The zero-order valence-corrected chi connectivity index (χ0v) is 14.7. The monoisotopic (exact) mass is 367 g/mol. The van der Waals surface area contributed by atoms with Gasteiger partial charge in [-0.25, -0.2) is 9.18 Å². The van der Waals surface area contributed by atoms with Gasteiger partial charge in [-0.05, 0) is 29.8 Å². The first-order valence-electron chi connectivity index (χ1n) is 8.50. The average Bonchev–Trinajstić information content (AvgIpc) is 3.34. The quantitative estimate of drug-likeness (QED) is 0.752. The molecule has 2 aromatic heterocycles. The first kappa shape index (κ1) is 17.0. The fourth-order valence-corrected chi connectivity index (χ4v) is 3.10.